The van der Waals surface area contributed by atoms with Crippen LogP contribution < -0.4 is 0 Å². The van der Waals surface area contributed by atoms with Crippen molar-refractivity contribution in [1.82, 2.24) is 0 Å². The van der Waals surface area contributed by atoms with Crippen LogP contribution in [0, 0.1) is 0 Å². The summed E-state index contributed by atoms with van der Waals surface area (Å²) >= 11 is 0. The fourth-order valence-electron chi connectivity index (χ4n) is 1.25. The topological polar surface area (TPSA) is 46.5 Å². The van der Waals surface area contributed by atoms with E-state index in [-0.39, 0.29) is 0 Å². The number of halogens is 5. The maximum atomic E-state index is 12.9. The Morgan fingerprint density at radius 2 is 1.65 bits per heavy atom. The fraction of sp³-hybridized carbons (Fsp3) is 0.182. The Morgan fingerprint density at radius 1 is 1.20 bits per heavy atom. The SMILES string of the molecule is C=C(C)C(=O)OC(c1ccc(O)cc1)S(F)(F)(F)(F)F. The zero-order valence-electron chi connectivity index (χ0n) is 10.2. The molecule has 114 valence electrons. The minimum atomic E-state index is -10.1. The minimum Gasteiger partial charge on any atom is -0.508 e. The Labute approximate surface area is 111 Å². The van der Waals surface area contributed by atoms with E-state index < -0.39 is 38.5 Å². The number of ether oxygens (including phenoxy) is 1. The zero-order chi connectivity index (χ0) is 15.8. The molecule has 0 saturated heterocycles. The number of hydrogen-bond acceptors (Lipinski definition) is 3. The Bertz CT molecular complexity index is 549. The summed E-state index contributed by atoms with van der Waals surface area (Å²) in [5.41, 5.74) is -5.13. The largest absolute Gasteiger partial charge is 0.508 e. The maximum absolute atomic E-state index is 12.9. The van der Waals surface area contributed by atoms with Crippen LogP contribution >= 0.6 is 10.2 Å². The monoisotopic (exact) mass is 318 g/mol. The van der Waals surface area contributed by atoms with Crippen molar-refractivity contribution in [3.63, 3.8) is 0 Å². The van der Waals surface area contributed by atoms with Crippen molar-refractivity contribution >= 4 is 16.2 Å². The molecule has 0 spiro atoms. The molecule has 1 unspecified atom stereocenters. The smallest absolute Gasteiger partial charge is 0.334 e. The molecule has 20 heavy (non-hydrogen) atoms. The second-order valence-corrected chi connectivity index (χ2v) is 6.62. The summed E-state index contributed by atoms with van der Waals surface area (Å²) in [5.74, 6) is -2.00. The molecule has 1 aromatic carbocycles. The van der Waals surface area contributed by atoms with Gasteiger partial charge < -0.3 is 9.84 Å². The third kappa shape index (κ3) is 4.12. The second-order valence-electron chi connectivity index (χ2n) is 4.14. The summed E-state index contributed by atoms with van der Waals surface area (Å²) in [6.45, 7) is 4.06. The highest BCUT2D eigenvalue weighted by molar-refractivity contribution is 8.45. The molecule has 0 fully saturated rings. The van der Waals surface area contributed by atoms with Gasteiger partial charge in [-0.1, -0.05) is 38.1 Å². The second kappa shape index (κ2) is 4.11. The van der Waals surface area contributed by atoms with Gasteiger partial charge in [-0.2, -0.15) is 0 Å². The average Bonchev–Trinajstić information content (AvgIpc) is 2.23. The van der Waals surface area contributed by atoms with Crippen LogP contribution in [-0.2, 0) is 9.53 Å². The molecule has 0 radical (unpaired) electrons. The average molecular weight is 318 g/mol. The highest BCUT2D eigenvalue weighted by Crippen LogP contribution is 3.04. The first-order chi connectivity index (χ1) is 8.70. The number of rotatable bonds is 4. The molecule has 1 rings (SSSR count). The highest BCUT2D eigenvalue weighted by Gasteiger charge is 2.73. The predicted molar refractivity (Wildman–Crippen MR) is 64.9 cm³/mol. The molecule has 0 aliphatic carbocycles. The van der Waals surface area contributed by atoms with Gasteiger partial charge in [-0.05, 0) is 19.1 Å². The number of aromatic hydroxyl groups is 1. The molecule has 0 saturated carbocycles. The first-order valence-corrected chi connectivity index (χ1v) is 7.10. The van der Waals surface area contributed by atoms with Gasteiger partial charge in [0, 0.05) is 11.1 Å². The summed E-state index contributed by atoms with van der Waals surface area (Å²) in [5, 5.41) is 8.96. The van der Waals surface area contributed by atoms with Gasteiger partial charge in [-0.15, -0.1) is 0 Å². The van der Waals surface area contributed by atoms with E-state index in [2.05, 4.69) is 11.3 Å². The number of benzene rings is 1. The molecule has 0 aromatic heterocycles. The molecule has 1 aromatic rings. The number of carbonyl (C=O) groups is 1. The van der Waals surface area contributed by atoms with Gasteiger partial charge in [0.05, 0.1) is 0 Å². The third-order valence-corrected chi connectivity index (χ3v) is 3.31. The molecule has 1 N–H and O–H groups in total. The van der Waals surface area contributed by atoms with Crippen molar-refractivity contribution in [3.8, 4) is 5.75 Å². The lowest BCUT2D eigenvalue weighted by Crippen LogP contribution is -2.23. The molecule has 0 amide bonds. The Balaban J connectivity index is 3.33. The van der Waals surface area contributed by atoms with E-state index in [4.69, 9.17) is 5.11 Å². The van der Waals surface area contributed by atoms with Crippen molar-refractivity contribution in [2.45, 2.75) is 12.4 Å². The van der Waals surface area contributed by atoms with E-state index in [1.54, 1.807) is 0 Å². The van der Waals surface area contributed by atoms with Crippen LogP contribution in [-0.4, -0.2) is 11.1 Å². The molecule has 9 heteroatoms. The van der Waals surface area contributed by atoms with Gasteiger partial charge >= 0.3 is 16.2 Å². The summed E-state index contributed by atoms with van der Waals surface area (Å²) in [4.78, 5) is 11.1. The molecule has 0 aliphatic heterocycles. The van der Waals surface area contributed by atoms with E-state index in [1.165, 1.54) is 0 Å². The van der Waals surface area contributed by atoms with Crippen molar-refractivity contribution in [3.05, 3.63) is 42.0 Å². The lowest BCUT2D eigenvalue weighted by molar-refractivity contribution is -0.142. The van der Waals surface area contributed by atoms with Crippen molar-refractivity contribution in [2.24, 2.45) is 0 Å². The molecule has 3 nitrogen and oxygen atoms in total. The van der Waals surface area contributed by atoms with Crippen LogP contribution in [0.15, 0.2) is 36.4 Å². The molecule has 1 atom stereocenters. The molecule has 0 aliphatic rings. The Hall–Kier alpha value is -1.77. The maximum Gasteiger partial charge on any atom is 0.334 e. The molecule has 0 heterocycles. The quantitative estimate of drug-likeness (QED) is 0.492. The summed E-state index contributed by atoms with van der Waals surface area (Å²) in [6.07, 6.45) is 0. The normalized spacial score (nSPS) is 16.7. The highest BCUT2D eigenvalue weighted by atomic mass is 32.5. The summed E-state index contributed by atoms with van der Waals surface area (Å²) < 4.78 is 68.5. The zero-order valence-corrected chi connectivity index (χ0v) is 11.0. The van der Waals surface area contributed by atoms with Gasteiger partial charge in [0.2, 0.25) is 0 Å². The summed E-state index contributed by atoms with van der Waals surface area (Å²) in [7, 11) is -10.1. The molecular weight excluding hydrogens is 307 g/mol. The van der Waals surface area contributed by atoms with Gasteiger partial charge in [0.25, 0.3) is 5.44 Å². The van der Waals surface area contributed by atoms with E-state index in [0.29, 0.717) is 12.1 Å². The first kappa shape index (κ1) is 16.3. The van der Waals surface area contributed by atoms with E-state index in [0.717, 1.165) is 19.1 Å². The number of esters is 1. The number of carbonyl (C=O) groups excluding carboxylic acids is 1. The van der Waals surface area contributed by atoms with Gasteiger partial charge in [-0.3, -0.25) is 0 Å². The lowest BCUT2D eigenvalue weighted by atomic mass is 10.2. The van der Waals surface area contributed by atoms with Crippen LogP contribution in [0.1, 0.15) is 17.9 Å². The Kier molecular flexibility index (Phi) is 3.35. The van der Waals surface area contributed by atoms with E-state index in [9.17, 15) is 24.2 Å². The minimum absolute atomic E-state index is 0.416. The number of phenolic OH excluding ortho intramolecular Hbond substituents is 1. The van der Waals surface area contributed by atoms with E-state index in [1.807, 2.05) is 0 Å². The third-order valence-electron chi connectivity index (χ3n) is 2.13. The first-order valence-electron chi connectivity index (χ1n) is 5.09. The predicted octanol–water partition coefficient (Wildman–Crippen LogP) is 4.81. The standard InChI is InChI=1S/C11H11F5O3S/c1-7(2)10(18)19-11(20(12,13,14,15)16)8-3-5-9(17)6-4-8/h3-6,11,17H,1H2,2H3. The molecular formula is C11H11F5O3S. The van der Waals surface area contributed by atoms with Gasteiger partial charge in [-0.25, -0.2) is 4.79 Å². The van der Waals surface area contributed by atoms with Crippen LogP contribution in [0.5, 0.6) is 5.75 Å². The van der Waals surface area contributed by atoms with Gasteiger partial charge in [0.1, 0.15) is 5.75 Å². The molecule has 0 bridgehead atoms. The number of phenols is 1. The van der Waals surface area contributed by atoms with Crippen molar-refractivity contribution in [1.29, 1.82) is 0 Å². The number of hydrogen-bond donors (Lipinski definition) is 1. The van der Waals surface area contributed by atoms with Crippen LogP contribution in [0.4, 0.5) is 19.4 Å². The van der Waals surface area contributed by atoms with E-state index >= 15 is 0 Å². The summed E-state index contributed by atoms with van der Waals surface area (Å²) in [6, 6.07) is 2.76. The van der Waals surface area contributed by atoms with Crippen molar-refractivity contribution < 1.29 is 34.1 Å². The Morgan fingerprint density at radius 3 is 2.00 bits per heavy atom. The van der Waals surface area contributed by atoms with Crippen LogP contribution in [0.3, 0.4) is 0 Å². The lowest BCUT2D eigenvalue weighted by Gasteiger charge is -2.45. The van der Waals surface area contributed by atoms with Crippen LogP contribution in [0.25, 0.3) is 0 Å². The van der Waals surface area contributed by atoms with Gasteiger partial charge in [0.15, 0.2) is 0 Å². The van der Waals surface area contributed by atoms with Crippen molar-refractivity contribution in [2.75, 3.05) is 0 Å². The van der Waals surface area contributed by atoms with Crippen LogP contribution in [0.2, 0.25) is 0 Å². The fourth-order valence-corrected chi connectivity index (χ4v) is 2.19.